The van der Waals surface area contributed by atoms with Gasteiger partial charge in [0.15, 0.2) is 0 Å². The van der Waals surface area contributed by atoms with Crippen LogP contribution in [-0.2, 0) is 10.8 Å². The van der Waals surface area contributed by atoms with Gasteiger partial charge in [0.25, 0.3) is 0 Å². The van der Waals surface area contributed by atoms with Gasteiger partial charge >= 0.3 is 6.03 Å². The van der Waals surface area contributed by atoms with Crippen molar-refractivity contribution in [2.24, 2.45) is 5.92 Å². The molecular formula is C17H24N2O2S. The number of amides is 2. The Bertz CT molecular complexity index is 535. The normalized spacial score (nSPS) is 25.5. The number of nitrogens with one attached hydrogen (secondary N) is 1. The summed E-state index contributed by atoms with van der Waals surface area (Å²) in [5.74, 6) is 1.18. The van der Waals surface area contributed by atoms with Crippen molar-refractivity contribution in [3.8, 4) is 0 Å². The zero-order valence-electron chi connectivity index (χ0n) is 12.9. The number of piperidine rings is 1. The lowest BCUT2D eigenvalue weighted by Crippen LogP contribution is -2.51. The molecule has 1 aromatic carbocycles. The van der Waals surface area contributed by atoms with Crippen LogP contribution in [0.2, 0.25) is 0 Å². The number of hydrogen-bond donors (Lipinski definition) is 1. The highest BCUT2D eigenvalue weighted by atomic mass is 32.2. The molecule has 1 N–H and O–H groups in total. The van der Waals surface area contributed by atoms with E-state index in [-0.39, 0.29) is 6.03 Å². The Hall–Kier alpha value is -1.36. The van der Waals surface area contributed by atoms with Gasteiger partial charge in [-0.1, -0.05) is 24.6 Å². The molecular weight excluding hydrogens is 296 g/mol. The minimum atomic E-state index is -1.04. The van der Waals surface area contributed by atoms with E-state index in [0.29, 0.717) is 24.3 Å². The predicted molar refractivity (Wildman–Crippen MR) is 88.2 cm³/mol. The van der Waals surface area contributed by atoms with Crippen molar-refractivity contribution in [2.75, 3.05) is 18.8 Å². The Balaban J connectivity index is 1.47. The van der Waals surface area contributed by atoms with Crippen LogP contribution in [0.1, 0.15) is 32.1 Å². The van der Waals surface area contributed by atoms with Gasteiger partial charge < -0.3 is 10.2 Å². The monoisotopic (exact) mass is 320 g/mol. The van der Waals surface area contributed by atoms with E-state index >= 15 is 0 Å². The summed E-state index contributed by atoms with van der Waals surface area (Å²) in [4.78, 5) is 15.2. The van der Waals surface area contributed by atoms with E-state index in [0.717, 1.165) is 24.3 Å². The molecule has 4 nitrogen and oxygen atoms in total. The topological polar surface area (TPSA) is 49.4 Å². The van der Waals surface area contributed by atoms with Crippen LogP contribution in [-0.4, -0.2) is 40.0 Å². The lowest BCUT2D eigenvalue weighted by atomic mass is 9.92. The summed E-state index contributed by atoms with van der Waals surface area (Å²) < 4.78 is 12.1. The van der Waals surface area contributed by atoms with Gasteiger partial charge in [-0.2, -0.15) is 0 Å². The van der Waals surface area contributed by atoms with Crippen LogP contribution < -0.4 is 5.32 Å². The second kappa shape index (κ2) is 7.27. The SMILES string of the molecule is O=C(NCC[S@@](=O)c1ccccc1)N1CCC[C@H]2CCC[C@@H]21. The quantitative estimate of drug-likeness (QED) is 0.927. The van der Waals surface area contributed by atoms with Gasteiger partial charge in [0, 0.05) is 29.8 Å². The highest BCUT2D eigenvalue weighted by molar-refractivity contribution is 7.85. The maximum absolute atomic E-state index is 12.4. The maximum Gasteiger partial charge on any atom is 0.317 e. The van der Waals surface area contributed by atoms with Crippen molar-refractivity contribution in [3.05, 3.63) is 30.3 Å². The second-order valence-corrected chi connectivity index (χ2v) is 7.76. The smallest absolute Gasteiger partial charge is 0.317 e. The van der Waals surface area contributed by atoms with Gasteiger partial charge in [0.05, 0.1) is 10.8 Å². The molecule has 1 aromatic rings. The zero-order valence-corrected chi connectivity index (χ0v) is 13.7. The van der Waals surface area contributed by atoms with Gasteiger partial charge in [-0.05, 0) is 43.7 Å². The van der Waals surface area contributed by atoms with Gasteiger partial charge in [0.2, 0.25) is 0 Å². The van der Waals surface area contributed by atoms with Crippen LogP contribution in [0.4, 0.5) is 4.79 Å². The molecule has 120 valence electrons. The first-order chi connectivity index (χ1) is 10.8. The molecule has 1 saturated carbocycles. The van der Waals surface area contributed by atoms with Crippen molar-refractivity contribution < 1.29 is 9.00 Å². The summed E-state index contributed by atoms with van der Waals surface area (Å²) in [7, 11) is -1.04. The highest BCUT2D eigenvalue weighted by Crippen LogP contribution is 2.36. The number of carbonyl (C=O) groups is 1. The van der Waals surface area contributed by atoms with Crippen LogP contribution >= 0.6 is 0 Å². The van der Waals surface area contributed by atoms with Gasteiger partial charge in [-0.15, -0.1) is 0 Å². The first kappa shape index (κ1) is 15.5. The predicted octanol–water partition coefficient (Wildman–Crippen LogP) is 2.77. The number of fused-ring (bicyclic) bond motifs is 1. The van der Waals surface area contributed by atoms with Crippen LogP contribution in [0.25, 0.3) is 0 Å². The first-order valence-electron chi connectivity index (χ1n) is 8.23. The van der Waals surface area contributed by atoms with Crippen molar-refractivity contribution >= 4 is 16.8 Å². The Morgan fingerprint density at radius 1 is 1.18 bits per heavy atom. The highest BCUT2D eigenvalue weighted by Gasteiger charge is 2.37. The standard InChI is InChI=1S/C17H24N2O2S/c20-17(19-12-5-7-14-6-4-10-16(14)19)18-11-13-22(21)15-8-2-1-3-9-15/h1-3,8-9,14,16H,4-7,10-13H2,(H,18,20)/t14-,16+,22-/m1/s1. The van der Waals surface area contributed by atoms with Crippen molar-refractivity contribution in [1.82, 2.24) is 10.2 Å². The van der Waals surface area contributed by atoms with Crippen molar-refractivity contribution in [3.63, 3.8) is 0 Å². The fourth-order valence-corrected chi connectivity index (χ4v) is 4.73. The number of urea groups is 1. The summed E-state index contributed by atoms with van der Waals surface area (Å²) in [6.07, 6.45) is 6.05. The van der Waals surface area contributed by atoms with Crippen LogP contribution in [0.5, 0.6) is 0 Å². The van der Waals surface area contributed by atoms with E-state index < -0.39 is 10.8 Å². The number of hydrogen-bond acceptors (Lipinski definition) is 2. The Labute approximate surface area is 134 Å². The maximum atomic E-state index is 12.4. The number of likely N-dealkylation sites (tertiary alicyclic amines) is 1. The molecule has 0 bridgehead atoms. The summed E-state index contributed by atoms with van der Waals surface area (Å²) in [6.45, 7) is 1.34. The molecule has 0 spiro atoms. The fraction of sp³-hybridized carbons (Fsp3) is 0.588. The summed E-state index contributed by atoms with van der Waals surface area (Å²) in [5, 5.41) is 2.96. The van der Waals surface area contributed by atoms with Crippen LogP contribution in [0, 0.1) is 5.92 Å². The van der Waals surface area contributed by atoms with E-state index in [1.165, 1.54) is 19.3 Å². The molecule has 0 unspecified atom stereocenters. The van der Waals surface area contributed by atoms with Gasteiger partial charge in [-0.25, -0.2) is 4.79 Å². The van der Waals surface area contributed by atoms with Crippen molar-refractivity contribution in [1.29, 1.82) is 0 Å². The number of nitrogens with zero attached hydrogens (tertiary/aromatic N) is 1. The number of benzene rings is 1. The fourth-order valence-electron chi connectivity index (χ4n) is 3.75. The molecule has 2 amide bonds. The zero-order chi connectivity index (χ0) is 15.4. The third-order valence-corrected chi connectivity index (χ3v) is 6.20. The molecule has 1 saturated heterocycles. The Morgan fingerprint density at radius 2 is 1.95 bits per heavy atom. The minimum absolute atomic E-state index is 0.0293. The summed E-state index contributed by atoms with van der Waals surface area (Å²) >= 11 is 0. The van der Waals surface area contributed by atoms with E-state index in [1.807, 2.05) is 35.2 Å². The third kappa shape index (κ3) is 3.51. The van der Waals surface area contributed by atoms with Crippen LogP contribution in [0.3, 0.4) is 0 Å². The number of rotatable bonds is 4. The average molecular weight is 320 g/mol. The molecule has 1 aliphatic carbocycles. The summed E-state index contributed by atoms with van der Waals surface area (Å²) in [5.41, 5.74) is 0. The Morgan fingerprint density at radius 3 is 2.77 bits per heavy atom. The first-order valence-corrected chi connectivity index (χ1v) is 9.55. The molecule has 0 aromatic heterocycles. The lowest BCUT2D eigenvalue weighted by Gasteiger charge is -2.37. The van der Waals surface area contributed by atoms with E-state index in [4.69, 9.17) is 0 Å². The van der Waals surface area contributed by atoms with Gasteiger partial charge in [-0.3, -0.25) is 4.21 Å². The second-order valence-electron chi connectivity index (χ2n) is 6.19. The Kier molecular flexibility index (Phi) is 5.13. The average Bonchev–Trinajstić information content (AvgIpc) is 3.04. The van der Waals surface area contributed by atoms with E-state index in [2.05, 4.69) is 5.32 Å². The molecule has 2 fully saturated rings. The molecule has 3 rings (SSSR count). The third-order valence-electron chi connectivity index (χ3n) is 4.82. The molecule has 1 aliphatic heterocycles. The molecule has 2 aliphatic rings. The van der Waals surface area contributed by atoms with Gasteiger partial charge in [0.1, 0.15) is 0 Å². The number of carbonyl (C=O) groups excluding carboxylic acids is 1. The molecule has 3 atom stereocenters. The minimum Gasteiger partial charge on any atom is -0.337 e. The molecule has 22 heavy (non-hydrogen) atoms. The van der Waals surface area contributed by atoms with Crippen molar-refractivity contribution in [2.45, 2.75) is 43.0 Å². The van der Waals surface area contributed by atoms with E-state index in [9.17, 15) is 9.00 Å². The largest absolute Gasteiger partial charge is 0.337 e. The van der Waals surface area contributed by atoms with Crippen LogP contribution in [0.15, 0.2) is 35.2 Å². The molecule has 1 heterocycles. The molecule has 5 heteroatoms. The lowest BCUT2D eigenvalue weighted by molar-refractivity contribution is 0.129. The molecule has 0 radical (unpaired) electrons. The summed E-state index contributed by atoms with van der Waals surface area (Å²) in [6, 6.07) is 9.89. The van der Waals surface area contributed by atoms with E-state index in [1.54, 1.807) is 0 Å².